The van der Waals surface area contributed by atoms with E-state index in [9.17, 15) is 14.4 Å². The third-order valence-electron chi connectivity index (χ3n) is 6.53. The second-order valence-electron chi connectivity index (χ2n) is 12.0. The van der Waals surface area contributed by atoms with Crippen LogP contribution in [0, 0.1) is 22.7 Å². The van der Waals surface area contributed by atoms with Crippen LogP contribution in [0.3, 0.4) is 0 Å². The average molecular weight is 425 g/mol. The molecule has 2 aliphatic carbocycles. The molecule has 2 amide bonds. The number of urea groups is 1. The molecule has 2 rings (SSSR count). The number of carbonyl (C=O) groups excluding carboxylic acids is 3. The summed E-state index contributed by atoms with van der Waals surface area (Å²) in [5.74, 6) is -0.907. The van der Waals surface area contributed by atoms with Gasteiger partial charge in [0.1, 0.15) is 11.2 Å². The van der Waals surface area contributed by atoms with Crippen molar-refractivity contribution in [2.24, 2.45) is 22.7 Å². The summed E-state index contributed by atoms with van der Waals surface area (Å²) in [6, 6.07) is -0.490. The number of nitrogens with one attached hydrogen (secondary N) is 2. The molecule has 0 aromatic carbocycles. The molecule has 0 aromatic rings. The van der Waals surface area contributed by atoms with Crippen molar-refractivity contribution >= 4 is 18.0 Å². The van der Waals surface area contributed by atoms with Gasteiger partial charge in [0.15, 0.2) is 0 Å². The predicted molar refractivity (Wildman–Crippen MR) is 115 cm³/mol. The fraction of sp³-hybridized carbons (Fsp3) is 0.870. The van der Waals surface area contributed by atoms with E-state index in [1.807, 2.05) is 69.2 Å². The van der Waals surface area contributed by atoms with E-state index in [-0.39, 0.29) is 52.7 Å². The zero-order chi connectivity index (χ0) is 23.3. The molecule has 0 spiro atoms. The molecule has 2 N–H and O–H groups in total. The molecule has 7 nitrogen and oxygen atoms in total. The first-order chi connectivity index (χ1) is 13.3. The second kappa shape index (κ2) is 7.72. The highest BCUT2D eigenvalue weighted by Gasteiger charge is 2.56. The lowest BCUT2D eigenvalue weighted by Crippen LogP contribution is -2.66. The molecule has 2 fully saturated rings. The van der Waals surface area contributed by atoms with Crippen LogP contribution in [-0.2, 0) is 19.1 Å². The molecular formula is C23H40N2O5. The Balaban J connectivity index is 1.86. The van der Waals surface area contributed by atoms with Gasteiger partial charge in [-0.05, 0) is 65.2 Å². The Hall–Kier alpha value is -1.79. The van der Waals surface area contributed by atoms with Crippen LogP contribution in [0.25, 0.3) is 0 Å². The number of ether oxygens (including phenoxy) is 2. The molecule has 7 heteroatoms. The summed E-state index contributed by atoms with van der Waals surface area (Å²) >= 11 is 0. The monoisotopic (exact) mass is 424 g/mol. The maximum absolute atomic E-state index is 12.6. The van der Waals surface area contributed by atoms with E-state index in [1.54, 1.807) is 0 Å². The lowest BCUT2D eigenvalue weighted by Gasteiger charge is -2.53. The molecular weight excluding hydrogens is 384 g/mol. The minimum absolute atomic E-state index is 0.111. The van der Waals surface area contributed by atoms with Crippen molar-refractivity contribution in [2.75, 3.05) is 0 Å². The van der Waals surface area contributed by atoms with Gasteiger partial charge >= 0.3 is 18.0 Å². The molecule has 0 radical (unpaired) electrons. The van der Waals surface area contributed by atoms with Gasteiger partial charge in [0.2, 0.25) is 0 Å². The topological polar surface area (TPSA) is 93.7 Å². The molecule has 2 aliphatic rings. The van der Waals surface area contributed by atoms with Gasteiger partial charge in [0, 0.05) is 12.1 Å². The van der Waals surface area contributed by atoms with E-state index in [0.717, 1.165) is 0 Å². The lowest BCUT2D eigenvalue weighted by atomic mass is 9.58. The molecule has 30 heavy (non-hydrogen) atoms. The number of amides is 2. The van der Waals surface area contributed by atoms with Crippen LogP contribution in [-0.4, -0.2) is 41.3 Å². The van der Waals surface area contributed by atoms with Crippen LogP contribution in [0.15, 0.2) is 0 Å². The predicted octanol–water partition coefficient (Wildman–Crippen LogP) is 3.80. The third kappa shape index (κ3) is 5.27. The molecule has 0 heterocycles. The van der Waals surface area contributed by atoms with E-state index in [2.05, 4.69) is 10.6 Å². The maximum atomic E-state index is 12.6. The van der Waals surface area contributed by atoms with Crippen LogP contribution in [0.4, 0.5) is 4.79 Å². The van der Waals surface area contributed by atoms with Crippen molar-refractivity contribution < 1.29 is 23.9 Å². The Bertz CT molecular complexity index is 641. The zero-order valence-corrected chi connectivity index (χ0v) is 20.3. The quantitative estimate of drug-likeness (QED) is 0.670. The molecule has 0 bridgehead atoms. The van der Waals surface area contributed by atoms with Gasteiger partial charge in [-0.1, -0.05) is 27.7 Å². The Morgan fingerprint density at radius 1 is 0.700 bits per heavy atom. The Morgan fingerprint density at radius 2 is 1.00 bits per heavy atom. The van der Waals surface area contributed by atoms with Crippen LogP contribution in [0.2, 0.25) is 0 Å². The summed E-state index contributed by atoms with van der Waals surface area (Å²) in [6.07, 6.45) is 1.12. The first-order valence-electron chi connectivity index (χ1n) is 10.9. The van der Waals surface area contributed by atoms with Gasteiger partial charge < -0.3 is 20.1 Å². The van der Waals surface area contributed by atoms with Crippen molar-refractivity contribution in [2.45, 2.75) is 105 Å². The smallest absolute Gasteiger partial charge is 0.315 e. The minimum Gasteiger partial charge on any atom is -0.460 e. The highest BCUT2D eigenvalue weighted by Crippen LogP contribution is 2.49. The second-order valence-corrected chi connectivity index (χ2v) is 12.0. The fourth-order valence-electron chi connectivity index (χ4n) is 4.24. The summed E-state index contributed by atoms with van der Waals surface area (Å²) in [5, 5.41) is 6.00. The van der Waals surface area contributed by atoms with Gasteiger partial charge in [-0.3, -0.25) is 9.59 Å². The maximum Gasteiger partial charge on any atom is 0.315 e. The molecule has 0 aliphatic heterocycles. The van der Waals surface area contributed by atoms with Gasteiger partial charge in [0.05, 0.1) is 11.8 Å². The van der Waals surface area contributed by atoms with E-state index in [4.69, 9.17) is 9.47 Å². The van der Waals surface area contributed by atoms with E-state index in [1.165, 1.54) is 0 Å². The van der Waals surface area contributed by atoms with Crippen LogP contribution in [0.5, 0.6) is 0 Å². The molecule has 2 saturated carbocycles. The number of carbonyl (C=O) groups is 3. The van der Waals surface area contributed by atoms with Crippen molar-refractivity contribution in [3.05, 3.63) is 0 Å². The van der Waals surface area contributed by atoms with Gasteiger partial charge in [-0.2, -0.15) is 0 Å². The van der Waals surface area contributed by atoms with Crippen molar-refractivity contribution in [3.63, 3.8) is 0 Å². The first-order valence-corrected chi connectivity index (χ1v) is 10.9. The fourth-order valence-corrected chi connectivity index (χ4v) is 4.24. The molecule has 172 valence electrons. The molecule has 0 aromatic heterocycles. The van der Waals surface area contributed by atoms with E-state index >= 15 is 0 Å². The summed E-state index contributed by atoms with van der Waals surface area (Å²) in [6.45, 7) is 19.0. The zero-order valence-electron chi connectivity index (χ0n) is 20.3. The van der Waals surface area contributed by atoms with Crippen molar-refractivity contribution in [1.29, 1.82) is 0 Å². The Labute approximate surface area is 181 Å². The van der Waals surface area contributed by atoms with Crippen molar-refractivity contribution in [3.8, 4) is 0 Å². The minimum atomic E-state index is -0.524. The lowest BCUT2D eigenvalue weighted by molar-refractivity contribution is -0.173. The van der Waals surface area contributed by atoms with Crippen LogP contribution >= 0.6 is 0 Å². The van der Waals surface area contributed by atoms with Gasteiger partial charge in [-0.15, -0.1) is 0 Å². The van der Waals surface area contributed by atoms with Crippen LogP contribution in [0.1, 0.15) is 82.1 Å². The normalized spacial score (nSPS) is 29.7. The van der Waals surface area contributed by atoms with Crippen LogP contribution < -0.4 is 10.6 Å². The highest BCUT2D eigenvalue weighted by molar-refractivity contribution is 5.80. The van der Waals surface area contributed by atoms with Gasteiger partial charge in [0.25, 0.3) is 0 Å². The van der Waals surface area contributed by atoms with Crippen molar-refractivity contribution in [1.82, 2.24) is 10.6 Å². The Kier molecular flexibility index (Phi) is 6.30. The standard InChI is InChI=1S/C23H40N2O5/c1-20(2,3)29-17(26)13-11-15(22(13,7)8)24-19(28)25-16-12-14(23(16,9)10)18(27)30-21(4,5)6/h13-16H,11-12H2,1-10H3,(H2,24,25,28)/t13-,14-,15-,16-/m1/s1. The van der Waals surface area contributed by atoms with E-state index in [0.29, 0.717) is 12.8 Å². The first kappa shape index (κ1) is 24.5. The molecule has 0 saturated heterocycles. The number of hydrogen-bond donors (Lipinski definition) is 2. The molecule has 0 unspecified atom stereocenters. The molecule has 4 atom stereocenters. The summed E-state index contributed by atoms with van der Waals surface area (Å²) < 4.78 is 11.0. The average Bonchev–Trinajstić information content (AvgIpc) is 2.50. The number of rotatable bonds is 4. The third-order valence-corrected chi connectivity index (χ3v) is 6.53. The SMILES string of the molecule is CC(C)(C)OC(=O)[C@H]1C[C@@H](NC(=O)N[C@@H]2C[C@H](C(=O)OC(C)(C)C)C2(C)C)C1(C)C. The Morgan fingerprint density at radius 3 is 1.23 bits per heavy atom. The summed E-state index contributed by atoms with van der Waals surface area (Å²) in [4.78, 5) is 37.4. The van der Waals surface area contributed by atoms with Gasteiger partial charge in [-0.25, -0.2) is 4.79 Å². The number of esters is 2. The largest absolute Gasteiger partial charge is 0.460 e. The highest BCUT2D eigenvalue weighted by atomic mass is 16.6. The van der Waals surface area contributed by atoms with E-state index < -0.39 is 11.2 Å². The summed E-state index contributed by atoms with van der Waals surface area (Å²) in [5.41, 5.74) is -1.81. The summed E-state index contributed by atoms with van der Waals surface area (Å²) in [7, 11) is 0. The number of hydrogen-bond acceptors (Lipinski definition) is 5.